The first kappa shape index (κ1) is 21.9. The Hall–Kier alpha value is -2.81. The second-order valence-corrected chi connectivity index (χ2v) is 8.62. The first-order valence-electron chi connectivity index (χ1n) is 9.06. The van der Waals surface area contributed by atoms with E-state index < -0.39 is 10.0 Å². The van der Waals surface area contributed by atoms with Gasteiger partial charge in [0.15, 0.2) is 5.11 Å². The van der Waals surface area contributed by atoms with Gasteiger partial charge in [-0.2, -0.15) is 0 Å². The molecule has 9 heteroatoms. The van der Waals surface area contributed by atoms with Gasteiger partial charge in [-0.25, -0.2) is 8.42 Å². The molecule has 3 N–H and O–H groups in total. The van der Waals surface area contributed by atoms with Crippen molar-refractivity contribution in [1.29, 1.82) is 0 Å². The van der Waals surface area contributed by atoms with E-state index in [2.05, 4.69) is 15.4 Å². The van der Waals surface area contributed by atoms with E-state index >= 15 is 0 Å². The predicted molar refractivity (Wildman–Crippen MR) is 126 cm³/mol. The molecular weight excluding hydrogens is 442 g/mol. The Balaban J connectivity index is 1.67. The molecule has 0 spiro atoms. The second kappa shape index (κ2) is 9.80. The van der Waals surface area contributed by atoms with Crippen LogP contribution in [0.4, 0.5) is 17.1 Å². The molecular formula is C21H20ClN3O3S2. The van der Waals surface area contributed by atoms with Gasteiger partial charge in [0.1, 0.15) is 5.75 Å². The van der Waals surface area contributed by atoms with Crippen molar-refractivity contribution in [2.75, 3.05) is 22.0 Å². The molecule has 0 radical (unpaired) electrons. The summed E-state index contributed by atoms with van der Waals surface area (Å²) < 4.78 is 33.2. The molecule has 0 saturated heterocycles. The fourth-order valence-electron chi connectivity index (χ4n) is 2.60. The van der Waals surface area contributed by atoms with E-state index in [0.29, 0.717) is 33.9 Å². The van der Waals surface area contributed by atoms with E-state index in [1.807, 2.05) is 31.2 Å². The number of thiocarbonyl (C=S) groups is 1. The maximum absolute atomic E-state index is 12.6. The Bertz CT molecular complexity index is 1140. The smallest absolute Gasteiger partial charge is 0.261 e. The van der Waals surface area contributed by atoms with E-state index in [1.165, 1.54) is 12.1 Å². The SMILES string of the molecule is CCOc1ccccc1NC(=S)Nc1ccc(S(=O)(=O)Nc2ccccc2Cl)cc1. The quantitative estimate of drug-likeness (QED) is 0.412. The van der Waals surface area contributed by atoms with Crippen LogP contribution in [0.3, 0.4) is 0 Å². The summed E-state index contributed by atoms with van der Waals surface area (Å²) in [5.41, 5.74) is 1.69. The molecule has 0 aliphatic rings. The third-order valence-corrected chi connectivity index (χ3v) is 5.89. The number of nitrogens with one attached hydrogen (secondary N) is 3. The van der Waals surface area contributed by atoms with Crippen molar-refractivity contribution in [3.8, 4) is 5.75 Å². The topological polar surface area (TPSA) is 79.5 Å². The van der Waals surface area contributed by atoms with E-state index in [0.717, 1.165) is 5.69 Å². The molecule has 0 aromatic heterocycles. The Labute approximate surface area is 186 Å². The molecule has 3 aromatic carbocycles. The van der Waals surface area contributed by atoms with Gasteiger partial charge in [-0.05, 0) is 67.7 Å². The van der Waals surface area contributed by atoms with Crippen LogP contribution in [0.2, 0.25) is 5.02 Å². The van der Waals surface area contributed by atoms with Crippen molar-refractivity contribution in [2.24, 2.45) is 0 Å². The summed E-state index contributed by atoms with van der Waals surface area (Å²) in [5.74, 6) is 0.691. The summed E-state index contributed by atoms with van der Waals surface area (Å²) in [5, 5.41) is 6.78. The Morgan fingerprint density at radius 2 is 1.57 bits per heavy atom. The number of rotatable bonds is 7. The molecule has 0 bridgehead atoms. The first-order chi connectivity index (χ1) is 14.4. The van der Waals surface area contributed by atoms with Gasteiger partial charge in [0, 0.05) is 5.69 Å². The van der Waals surface area contributed by atoms with Crippen LogP contribution in [0, 0.1) is 0 Å². The standard InChI is InChI=1S/C21H20ClN3O3S2/c1-2-28-20-10-6-5-9-19(20)24-21(29)23-15-11-13-16(14-12-15)30(26,27)25-18-8-4-3-7-17(18)22/h3-14,25H,2H2,1H3,(H2,23,24,29). The number of hydrogen-bond acceptors (Lipinski definition) is 4. The molecule has 156 valence electrons. The van der Waals surface area contributed by atoms with Crippen LogP contribution >= 0.6 is 23.8 Å². The third kappa shape index (κ3) is 5.63. The highest BCUT2D eigenvalue weighted by Crippen LogP contribution is 2.25. The Morgan fingerprint density at radius 3 is 2.23 bits per heavy atom. The van der Waals surface area contributed by atoms with Gasteiger partial charge in [0.05, 0.1) is 27.9 Å². The van der Waals surface area contributed by atoms with E-state index in [1.54, 1.807) is 36.4 Å². The summed E-state index contributed by atoms with van der Waals surface area (Å²) in [6, 6.07) is 20.3. The third-order valence-electron chi connectivity index (χ3n) is 3.98. The summed E-state index contributed by atoms with van der Waals surface area (Å²) in [6.45, 7) is 2.45. The van der Waals surface area contributed by atoms with Gasteiger partial charge < -0.3 is 15.4 Å². The molecule has 0 amide bonds. The van der Waals surface area contributed by atoms with Crippen molar-refractivity contribution in [3.63, 3.8) is 0 Å². The largest absolute Gasteiger partial charge is 0.492 e. The number of sulfonamides is 1. The normalized spacial score (nSPS) is 10.9. The number of para-hydroxylation sites is 3. The fourth-order valence-corrected chi connectivity index (χ4v) is 4.15. The van der Waals surface area contributed by atoms with Crippen LogP contribution in [-0.2, 0) is 10.0 Å². The molecule has 0 atom stereocenters. The molecule has 0 fully saturated rings. The van der Waals surface area contributed by atoms with Crippen LogP contribution < -0.4 is 20.1 Å². The minimum Gasteiger partial charge on any atom is -0.492 e. The van der Waals surface area contributed by atoms with E-state index in [9.17, 15) is 8.42 Å². The lowest BCUT2D eigenvalue weighted by atomic mass is 10.3. The average molecular weight is 462 g/mol. The van der Waals surface area contributed by atoms with Crippen LogP contribution in [-0.4, -0.2) is 20.1 Å². The second-order valence-electron chi connectivity index (χ2n) is 6.12. The van der Waals surface area contributed by atoms with Crippen LogP contribution in [0.5, 0.6) is 5.75 Å². The van der Waals surface area contributed by atoms with Crippen molar-refractivity contribution < 1.29 is 13.2 Å². The van der Waals surface area contributed by atoms with Crippen molar-refractivity contribution in [2.45, 2.75) is 11.8 Å². The summed E-state index contributed by atoms with van der Waals surface area (Å²) in [6.07, 6.45) is 0. The van der Waals surface area contributed by atoms with Crippen molar-refractivity contribution in [1.82, 2.24) is 0 Å². The number of ether oxygens (including phenoxy) is 1. The fraction of sp³-hybridized carbons (Fsp3) is 0.0952. The monoisotopic (exact) mass is 461 g/mol. The minimum absolute atomic E-state index is 0.105. The zero-order valence-electron chi connectivity index (χ0n) is 16.1. The summed E-state index contributed by atoms with van der Waals surface area (Å²) in [4.78, 5) is 0.105. The van der Waals surface area contributed by atoms with Gasteiger partial charge in [-0.15, -0.1) is 0 Å². The van der Waals surface area contributed by atoms with Gasteiger partial charge in [0.25, 0.3) is 10.0 Å². The average Bonchev–Trinajstić information content (AvgIpc) is 2.72. The lowest BCUT2D eigenvalue weighted by molar-refractivity contribution is 0.342. The molecule has 0 aliphatic heterocycles. The predicted octanol–water partition coefficient (Wildman–Crippen LogP) is 5.35. The zero-order chi connectivity index (χ0) is 21.6. The van der Waals surface area contributed by atoms with Crippen LogP contribution in [0.25, 0.3) is 0 Å². The van der Waals surface area contributed by atoms with E-state index in [4.69, 9.17) is 28.6 Å². The first-order valence-corrected chi connectivity index (χ1v) is 11.3. The molecule has 0 saturated carbocycles. The Morgan fingerprint density at radius 1 is 0.933 bits per heavy atom. The summed E-state index contributed by atoms with van der Waals surface area (Å²) >= 11 is 11.4. The van der Waals surface area contributed by atoms with Gasteiger partial charge in [-0.3, -0.25) is 4.72 Å². The summed E-state index contributed by atoms with van der Waals surface area (Å²) in [7, 11) is -3.77. The highest BCUT2D eigenvalue weighted by molar-refractivity contribution is 7.92. The molecule has 3 aromatic rings. The molecule has 30 heavy (non-hydrogen) atoms. The maximum Gasteiger partial charge on any atom is 0.261 e. The van der Waals surface area contributed by atoms with Gasteiger partial charge in [-0.1, -0.05) is 35.9 Å². The Kier molecular flexibility index (Phi) is 7.15. The number of benzene rings is 3. The number of halogens is 1. The van der Waals surface area contributed by atoms with Crippen molar-refractivity contribution >= 4 is 56.0 Å². The van der Waals surface area contributed by atoms with Crippen LogP contribution in [0.15, 0.2) is 77.7 Å². The molecule has 6 nitrogen and oxygen atoms in total. The van der Waals surface area contributed by atoms with Crippen molar-refractivity contribution in [3.05, 3.63) is 77.8 Å². The zero-order valence-corrected chi connectivity index (χ0v) is 18.4. The molecule has 0 heterocycles. The van der Waals surface area contributed by atoms with Gasteiger partial charge >= 0.3 is 0 Å². The molecule has 0 unspecified atom stereocenters. The highest BCUT2D eigenvalue weighted by atomic mass is 35.5. The van der Waals surface area contributed by atoms with E-state index in [-0.39, 0.29) is 4.90 Å². The lowest BCUT2D eigenvalue weighted by Crippen LogP contribution is -2.19. The molecule has 0 aliphatic carbocycles. The highest BCUT2D eigenvalue weighted by Gasteiger charge is 2.15. The van der Waals surface area contributed by atoms with Gasteiger partial charge in [0.2, 0.25) is 0 Å². The molecule has 3 rings (SSSR count). The maximum atomic E-state index is 12.6. The van der Waals surface area contributed by atoms with Crippen LogP contribution in [0.1, 0.15) is 6.92 Å². The number of anilines is 3. The number of hydrogen-bond donors (Lipinski definition) is 3. The minimum atomic E-state index is -3.77. The lowest BCUT2D eigenvalue weighted by Gasteiger charge is -2.14.